The number of nitrogens with zero attached hydrogens (tertiary/aromatic N) is 1. The fourth-order valence-corrected chi connectivity index (χ4v) is 1.29. The number of nitroso groups, excluding NO2 is 1. The molecule has 0 aromatic heterocycles. The molecule has 0 fully saturated rings. The van der Waals surface area contributed by atoms with E-state index in [0.29, 0.717) is 9.13 Å². The van der Waals surface area contributed by atoms with Crippen LogP contribution in [0.1, 0.15) is 5.56 Å². The molecule has 1 aromatic carbocycles. The lowest BCUT2D eigenvalue weighted by Crippen LogP contribution is -1.90. The first kappa shape index (κ1) is 8.58. The van der Waals surface area contributed by atoms with Crippen molar-refractivity contribution in [2.45, 2.75) is 6.54 Å². The van der Waals surface area contributed by atoms with Crippen LogP contribution in [0.3, 0.4) is 0 Å². The first-order valence-corrected chi connectivity index (χ1v) is 4.05. The lowest BCUT2D eigenvalue weighted by molar-refractivity contribution is 0.603. The van der Waals surface area contributed by atoms with Gasteiger partial charge in [-0.2, -0.15) is 4.91 Å². The maximum absolute atomic E-state index is 13.0. The topological polar surface area (TPSA) is 29.4 Å². The number of hydrogen-bond acceptors (Lipinski definition) is 2. The highest BCUT2D eigenvalue weighted by atomic mass is 127. The van der Waals surface area contributed by atoms with Crippen LogP contribution < -0.4 is 0 Å². The lowest BCUT2D eigenvalue weighted by atomic mass is 10.2. The normalized spacial score (nSPS) is 9.64. The molecule has 0 amide bonds. The molecule has 11 heavy (non-hydrogen) atoms. The molecule has 1 aromatic rings. The van der Waals surface area contributed by atoms with Crippen LogP contribution >= 0.6 is 22.6 Å². The van der Waals surface area contributed by atoms with Crippen molar-refractivity contribution in [2.24, 2.45) is 5.18 Å². The predicted octanol–water partition coefficient (Wildman–Crippen LogP) is 2.70. The van der Waals surface area contributed by atoms with Crippen molar-refractivity contribution < 1.29 is 4.39 Å². The number of rotatable bonds is 2. The first-order valence-electron chi connectivity index (χ1n) is 2.97. The highest BCUT2D eigenvalue weighted by molar-refractivity contribution is 14.1. The number of benzene rings is 1. The van der Waals surface area contributed by atoms with Gasteiger partial charge in [-0.05, 0) is 28.7 Å². The van der Waals surface area contributed by atoms with Crippen LogP contribution in [-0.4, -0.2) is 0 Å². The minimum absolute atomic E-state index is 0.0946. The molecule has 0 atom stereocenters. The van der Waals surface area contributed by atoms with Crippen molar-refractivity contribution in [1.29, 1.82) is 0 Å². The summed E-state index contributed by atoms with van der Waals surface area (Å²) in [6.07, 6.45) is 0. The second-order valence-corrected chi connectivity index (χ2v) is 3.16. The minimum atomic E-state index is -0.340. The molecule has 0 aliphatic heterocycles. The van der Waals surface area contributed by atoms with E-state index in [-0.39, 0.29) is 12.4 Å². The van der Waals surface area contributed by atoms with Crippen LogP contribution in [0.2, 0.25) is 0 Å². The Morgan fingerprint density at radius 3 is 2.91 bits per heavy atom. The van der Waals surface area contributed by atoms with Gasteiger partial charge in [0, 0.05) is 9.13 Å². The van der Waals surface area contributed by atoms with Crippen molar-refractivity contribution >= 4 is 22.6 Å². The molecule has 0 saturated carbocycles. The molecule has 1 rings (SSSR count). The van der Waals surface area contributed by atoms with Crippen molar-refractivity contribution in [3.8, 4) is 0 Å². The van der Waals surface area contributed by atoms with Gasteiger partial charge in [0.05, 0.1) is 0 Å². The average molecular weight is 265 g/mol. The van der Waals surface area contributed by atoms with Gasteiger partial charge < -0.3 is 0 Å². The Morgan fingerprint density at radius 2 is 2.27 bits per heavy atom. The quantitative estimate of drug-likeness (QED) is 0.597. The van der Waals surface area contributed by atoms with Crippen LogP contribution in [0.25, 0.3) is 0 Å². The molecule has 0 saturated heterocycles. The zero-order valence-corrected chi connectivity index (χ0v) is 7.71. The Labute approximate surface area is 76.9 Å². The Bertz CT molecular complexity index is 277. The zero-order valence-electron chi connectivity index (χ0n) is 5.55. The SMILES string of the molecule is O=NCc1cccc(I)c1F. The Hall–Kier alpha value is -0.520. The van der Waals surface area contributed by atoms with Crippen molar-refractivity contribution in [2.75, 3.05) is 0 Å². The largest absolute Gasteiger partial charge is 0.205 e. The van der Waals surface area contributed by atoms with Crippen molar-refractivity contribution in [3.63, 3.8) is 0 Å². The molecule has 2 nitrogen and oxygen atoms in total. The van der Waals surface area contributed by atoms with Crippen LogP contribution in [-0.2, 0) is 6.54 Å². The minimum Gasteiger partial charge on any atom is -0.205 e. The third-order valence-electron chi connectivity index (χ3n) is 1.27. The molecule has 0 spiro atoms. The van der Waals surface area contributed by atoms with E-state index in [0.717, 1.165) is 0 Å². The average Bonchev–Trinajstić information content (AvgIpc) is 1.99. The van der Waals surface area contributed by atoms with Crippen molar-refractivity contribution in [3.05, 3.63) is 38.1 Å². The van der Waals surface area contributed by atoms with Gasteiger partial charge in [0.2, 0.25) is 0 Å². The van der Waals surface area contributed by atoms with E-state index in [1.165, 1.54) is 0 Å². The molecule has 58 valence electrons. The molecule has 0 aliphatic carbocycles. The van der Waals surface area contributed by atoms with Gasteiger partial charge in [0.15, 0.2) is 0 Å². The summed E-state index contributed by atoms with van der Waals surface area (Å²) in [4.78, 5) is 9.82. The molecule has 4 heteroatoms. The Morgan fingerprint density at radius 1 is 1.55 bits per heavy atom. The highest BCUT2D eigenvalue weighted by Crippen LogP contribution is 2.15. The summed E-state index contributed by atoms with van der Waals surface area (Å²) in [7, 11) is 0. The Balaban J connectivity index is 3.05. The van der Waals surface area contributed by atoms with Gasteiger partial charge in [-0.15, -0.1) is 0 Å². The highest BCUT2D eigenvalue weighted by Gasteiger charge is 2.04. The predicted molar refractivity (Wildman–Crippen MR) is 48.6 cm³/mol. The number of halogens is 2. The first-order chi connectivity index (χ1) is 5.25. The van der Waals surface area contributed by atoms with Gasteiger partial charge in [-0.25, -0.2) is 4.39 Å². The molecule has 0 unspecified atom stereocenters. The van der Waals surface area contributed by atoms with Gasteiger partial charge in [0.1, 0.15) is 12.4 Å². The van der Waals surface area contributed by atoms with Gasteiger partial charge in [-0.1, -0.05) is 17.3 Å². The molecule has 0 bridgehead atoms. The fraction of sp³-hybridized carbons (Fsp3) is 0.143. The molecule has 0 N–H and O–H groups in total. The van der Waals surface area contributed by atoms with Crippen LogP contribution in [0.5, 0.6) is 0 Å². The fourth-order valence-electron chi connectivity index (χ4n) is 0.740. The van der Waals surface area contributed by atoms with E-state index in [1.54, 1.807) is 18.2 Å². The third kappa shape index (κ3) is 1.95. The van der Waals surface area contributed by atoms with E-state index < -0.39 is 0 Å². The summed E-state index contributed by atoms with van der Waals surface area (Å²) in [5.41, 5.74) is 0.354. The second-order valence-electron chi connectivity index (χ2n) is 2.00. The van der Waals surface area contributed by atoms with Crippen molar-refractivity contribution in [1.82, 2.24) is 0 Å². The maximum atomic E-state index is 13.0. The molecule has 0 aliphatic rings. The maximum Gasteiger partial charge on any atom is 0.141 e. The monoisotopic (exact) mass is 265 g/mol. The summed E-state index contributed by atoms with van der Waals surface area (Å²) in [6, 6.07) is 4.90. The van der Waals surface area contributed by atoms with Crippen LogP contribution in [0.15, 0.2) is 23.4 Å². The molecule has 0 radical (unpaired) electrons. The van der Waals surface area contributed by atoms with Gasteiger partial charge >= 0.3 is 0 Å². The number of hydrogen-bond donors (Lipinski definition) is 0. The molecular weight excluding hydrogens is 260 g/mol. The summed E-state index contributed by atoms with van der Waals surface area (Å²) in [5.74, 6) is -0.340. The molecule has 0 heterocycles. The van der Waals surface area contributed by atoms with E-state index in [4.69, 9.17) is 0 Å². The van der Waals surface area contributed by atoms with Crippen LogP contribution in [0.4, 0.5) is 4.39 Å². The van der Waals surface area contributed by atoms with E-state index in [9.17, 15) is 9.30 Å². The summed E-state index contributed by atoms with van der Waals surface area (Å²) >= 11 is 1.87. The molecular formula is C7H5FINO. The Kier molecular flexibility index (Phi) is 2.92. The second kappa shape index (κ2) is 3.75. The standard InChI is InChI=1S/C7H5FINO/c8-7-5(4-10-11)2-1-3-6(7)9/h1-3H,4H2. The summed E-state index contributed by atoms with van der Waals surface area (Å²) < 4.78 is 13.5. The van der Waals surface area contributed by atoms with E-state index in [2.05, 4.69) is 5.18 Å². The third-order valence-corrected chi connectivity index (χ3v) is 2.10. The lowest BCUT2D eigenvalue weighted by Gasteiger charge is -1.97. The van der Waals surface area contributed by atoms with E-state index in [1.807, 2.05) is 22.6 Å². The zero-order chi connectivity index (χ0) is 8.27. The summed E-state index contributed by atoms with van der Waals surface area (Å²) in [6.45, 7) is -0.0946. The van der Waals surface area contributed by atoms with Gasteiger partial charge in [0.25, 0.3) is 0 Å². The van der Waals surface area contributed by atoms with Gasteiger partial charge in [-0.3, -0.25) is 0 Å². The smallest absolute Gasteiger partial charge is 0.141 e. The summed E-state index contributed by atoms with van der Waals surface area (Å²) in [5, 5.41) is 2.61. The van der Waals surface area contributed by atoms with E-state index >= 15 is 0 Å². The van der Waals surface area contributed by atoms with Crippen LogP contribution in [0, 0.1) is 14.3 Å².